The number of aryl methyl sites for hydroxylation is 1. The molecule has 1 saturated heterocycles. The lowest BCUT2D eigenvalue weighted by Gasteiger charge is -2.38. The lowest BCUT2D eigenvalue weighted by Crippen LogP contribution is -2.59. The second-order valence-corrected chi connectivity index (χ2v) is 8.41. The summed E-state index contributed by atoms with van der Waals surface area (Å²) in [5.74, 6) is -4.46. The van der Waals surface area contributed by atoms with Crippen molar-refractivity contribution in [2.45, 2.75) is 39.3 Å². The molecule has 2 aliphatic heterocycles. The van der Waals surface area contributed by atoms with Gasteiger partial charge in [-0.05, 0) is 33.8 Å². The van der Waals surface area contributed by atoms with Crippen molar-refractivity contribution in [3.05, 3.63) is 41.5 Å². The number of esters is 2. The number of carbonyl (C=O) groups is 4. The number of rotatable bonds is 3. The number of ether oxygens (including phenoxy) is 3. The van der Waals surface area contributed by atoms with E-state index in [1.807, 2.05) is 19.1 Å². The number of likely N-dealkylation sites (tertiary alicyclic amines) is 1. The van der Waals surface area contributed by atoms with Crippen LogP contribution in [0.25, 0.3) is 5.76 Å². The Morgan fingerprint density at radius 1 is 1.07 bits per heavy atom. The fourth-order valence-electron chi connectivity index (χ4n) is 3.99. The molecule has 0 radical (unpaired) electrons. The highest BCUT2D eigenvalue weighted by Crippen LogP contribution is 2.51. The van der Waals surface area contributed by atoms with Crippen molar-refractivity contribution in [2.75, 3.05) is 14.2 Å². The van der Waals surface area contributed by atoms with Crippen LogP contribution in [0.5, 0.6) is 0 Å². The molecule has 0 N–H and O–H groups in total. The molecule has 0 aromatic heterocycles. The quantitative estimate of drug-likeness (QED) is 0.422. The van der Waals surface area contributed by atoms with Crippen LogP contribution in [-0.4, -0.2) is 54.5 Å². The van der Waals surface area contributed by atoms with E-state index in [1.54, 1.807) is 32.9 Å². The smallest absolute Gasteiger partial charge is 0.348 e. The van der Waals surface area contributed by atoms with E-state index in [0.29, 0.717) is 5.56 Å². The molecular formula is C22H25NO7. The monoisotopic (exact) mass is 415 g/mol. The number of carbonyl (C=O) groups excluding carboxylic acids is 4. The van der Waals surface area contributed by atoms with Crippen LogP contribution in [0, 0.1) is 18.3 Å². The van der Waals surface area contributed by atoms with E-state index in [4.69, 9.17) is 14.2 Å². The van der Waals surface area contributed by atoms with E-state index in [1.165, 1.54) is 6.08 Å². The predicted molar refractivity (Wildman–Crippen MR) is 106 cm³/mol. The Kier molecular flexibility index (Phi) is 5.22. The minimum Gasteiger partial charge on any atom is -0.477 e. The van der Waals surface area contributed by atoms with Crippen LogP contribution in [-0.2, 0) is 33.4 Å². The topological polar surface area (TPSA) is 99.2 Å². The van der Waals surface area contributed by atoms with Gasteiger partial charge in [-0.1, -0.05) is 29.8 Å². The Morgan fingerprint density at radius 2 is 1.67 bits per heavy atom. The van der Waals surface area contributed by atoms with Gasteiger partial charge in [-0.15, -0.1) is 0 Å². The van der Waals surface area contributed by atoms with Gasteiger partial charge in [-0.25, -0.2) is 4.79 Å². The van der Waals surface area contributed by atoms with Crippen LogP contribution in [0.4, 0.5) is 0 Å². The van der Waals surface area contributed by atoms with Crippen LogP contribution in [0.1, 0.15) is 31.9 Å². The molecule has 0 saturated carbocycles. The normalized spacial score (nSPS) is 25.9. The zero-order chi connectivity index (χ0) is 22.4. The van der Waals surface area contributed by atoms with Crippen LogP contribution in [0.15, 0.2) is 30.3 Å². The van der Waals surface area contributed by atoms with Crippen molar-refractivity contribution < 1.29 is 33.4 Å². The molecule has 2 amide bonds. The third-order valence-electron chi connectivity index (χ3n) is 5.46. The van der Waals surface area contributed by atoms with Crippen LogP contribution >= 0.6 is 0 Å². The summed E-state index contributed by atoms with van der Waals surface area (Å²) >= 11 is 0. The van der Waals surface area contributed by atoms with E-state index >= 15 is 0 Å². The van der Waals surface area contributed by atoms with E-state index in [-0.39, 0.29) is 5.76 Å². The molecule has 160 valence electrons. The molecule has 0 spiro atoms. The van der Waals surface area contributed by atoms with Gasteiger partial charge in [0.15, 0.2) is 0 Å². The highest BCUT2D eigenvalue weighted by atomic mass is 16.6. The summed E-state index contributed by atoms with van der Waals surface area (Å²) in [5, 5.41) is 0. The lowest BCUT2D eigenvalue weighted by atomic mass is 9.70. The molecule has 8 nitrogen and oxygen atoms in total. The van der Waals surface area contributed by atoms with Gasteiger partial charge in [-0.3, -0.25) is 19.3 Å². The first-order valence-electron chi connectivity index (χ1n) is 9.50. The fourth-order valence-corrected chi connectivity index (χ4v) is 3.99. The average Bonchev–Trinajstić information content (AvgIpc) is 2.94. The number of nitrogens with zero attached hydrogens (tertiary/aromatic N) is 1. The van der Waals surface area contributed by atoms with Crippen LogP contribution in [0.3, 0.4) is 0 Å². The number of amides is 2. The number of imide groups is 1. The molecule has 0 unspecified atom stereocenters. The molecule has 1 aromatic rings. The summed E-state index contributed by atoms with van der Waals surface area (Å²) < 4.78 is 15.6. The Bertz CT molecular complexity index is 941. The van der Waals surface area contributed by atoms with E-state index < -0.39 is 46.7 Å². The van der Waals surface area contributed by atoms with Crippen molar-refractivity contribution >= 4 is 29.5 Å². The van der Waals surface area contributed by atoms with E-state index in [0.717, 1.165) is 24.7 Å². The molecule has 30 heavy (non-hydrogen) atoms. The maximum atomic E-state index is 13.5. The van der Waals surface area contributed by atoms with Crippen molar-refractivity contribution in [2.24, 2.45) is 11.3 Å². The molecule has 0 aliphatic carbocycles. The molecule has 0 bridgehead atoms. The van der Waals surface area contributed by atoms with E-state index in [2.05, 4.69) is 0 Å². The Morgan fingerprint density at radius 3 is 2.17 bits per heavy atom. The molecule has 3 atom stereocenters. The number of benzene rings is 1. The van der Waals surface area contributed by atoms with Gasteiger partial charge >= 0.3 is 11.9 Å². The first kappa shape index (κ1) is 21.5. The summed E-state index contributed by atoms with van der Waals surface area (Å²) in [6.07, 6.45) is -0.252. The number of hydrogen-bond acceptors (Lipinski definition) is 7. The van der Waals surface area contributed by atoms with Gasteiger partial charge < -0.3 is 14.2 Å². The molecule has 1 fully saturated rings. The molecule has 8 heteroatoms. The highest BCUT2D eigenvalue weighted by molar-refractivity contribution is 6.21. The summed E-state index contributed by atoms with van der Waals surface area (Å²) in [7, 11) is 2.22. The second-order valence-electron chi connectivity index (χ2n) is 8.41. The highest BCUT2D eigenvalue weighted by Gasteiger charge is 2.74. The third-order valence-corrected chi connectivity index (χ3v) is 5.46. The van der Waals surface area contributed by atoms with Crippen molar-refractivity contribution in [1.29, 1.82) is 0 Å². The maximum Gasteiger partial charge on any atom is 0.348 e. The van der Waals surface area contributed by atoms with Gasteiger partial charge in [0, 0.05) is 11.1 Å². The van der Waals surface area contributed by atoms with Gasteiger partial charge in [0.2, 0.25) is 17.4 Å². The SMILES string of the molecule is COC(=O)[C@H]1OC(c2ccc(C)cc2)=C[C@H]2C(=O)N(C(C)(C)C)C(=O)[C@@]12C(=O)OC. The zero-order valence-electron chi connectivity index (χ0n) is 17.8. The Labute approximate surface area is 174 Å². The second kappa shape index (κ2) is 7.27. The zero-order valence-corrected chi connectivity index (χ0v) is 17.8. The number of fused-ring (bicyclic) bond motifs is 1. The fraction of sp³-hybridized carbons (Fsp3) is 0.455. The standard InChI is InChI=1S/C22H25NO7/c1-12-7-9-13(10-8-12)15-11-14-17(24)23(21(2,3)4)19(26)22(14,20(27)29-6)16(30-15)18(25)28-5/h7-11,14,16H,1-6H3/t14-,16+,22-/m0/s1. The van der Waals surface area contributed by atoms with Crippen LogP contribution in [0.2, 0.25) is 0 Å². The van der Waals surface area contributed by atoms with Gasteiger partial charge in [0.25, 0.3) is 5.91 Å². The minimum atomic E-state index is -2.19. The molecule has 3 rings (SSSR count). The van der Waals surface area contributed by atoms with Gasteiger partial charge in [0.1, 0.15) is 5.76 Å². The summed E-state index contributed by atoms with van der Waals surface area (Å²) in [5.41, 5.74) is -1.51. The lowest BCUT2D eigenvalue weighted by molar-refractivity contribution is -0.181. The molecule has 1 aromatic carbocycles. The summed E-state index contributed by atoms with van der Waals surface area (Å²) in [6.45, 7) is 6.93. The first-order valence-corrected chi connectivity index (χ1v) is 9.50. The molecule has 2 aliphatic rings. The van der Waals surface area contributed by atoms with Gasteiger partial charge in [-0.2, -0.15) is 0 Å². The largest absolute Gasteiger partial charge is 0.477 e. The Balaban J connectivity index is 2.28. The van der Waals surface area contributed by atoms with Crippen molar-refractivity contribution in [3.8, 4) is 0 Å². The van der Waals surface area contributed by atoms with Crippen molar-refractivity contribution in [1.82, 2.24) is 4.90 Å². The average molecular weight is 415 g/mol. The molecule has 2 heterocycles. The third kappa shape index (κ3) is 2.98. The summed E-state index contributed by atoms with van der Waals surface area (Å²) in [4.78, 5) is 53.6. The first-order chi connectivity index (χ1) is 14.0. The minimum absolute atomic E-state index is 0.215. The van der Waals surface area contributed by atoms with E-state index in [9.17, 15) is 19.2 Å². The Hall–Kier alpha value is -3.16. The maximum absolute atomic E-state index is 13.5. The predicted octanol–water partition coefficient (Wildman–Crippen LogP) is 1.85. The van der Waals surface area contributed by atoms with Crippen LogP contribution < -0.4 is 0 Å². The molecular weight excluding hydrogens is 390 g/mol. The van der Waals surface area contributed by atoms with Gasteiger partial charge in [0.05, 0.1) is 20.1 Å². The number of methoxy groups -OCH3 is 2. The summed E-state index contributed by atoms with van der Waals surface area (Å²) in [6, 6.07) is 7.22. The number of hydrogen-bond donors (Lipinski definition) is 0. The van der Waals surface area contributed by atoms with Crippen molar-refractivity contribution in [3.63, 3.8) is 0 Å².